The van der Waals surface area contributed by atoms with Crippen molar-refractivity contribution in [1.82, 2.24) is 0 Å². The molecule has 2 N–H and O–H groups in total. The van der Waals surface area contributed by atoms with E-state index in [0.717, 1.165) is 11.0 Å². The van der Waals surface area contributed by atoms with E-state index in [9.17, 15) is 5.02 Å². The molecule has 0 aliphatic carbocycles. The van der Waals surface area contributed by atoms with Crippen molar-refractivity contribution in [1.29, 1.82) is 0 Å². The third-order valence-corrected chi connectivity index (χ3v) is 2.76. The molecule has 0 bridgehead atoms. The summed E-state index contributed by atoms with van der Waals surface area (Å²) in [6.07, 6.45) is 2.22. The van der Waals surface area contributed by atoms with Crippen molar-refractivity contribution in [2.45, 2.75) is 26.1 Å². The molecule has 0 saturated carbocycles. The highest BCUT2D eigenvalue weighted by atomic mass is 16.5. The van der Waals surface area contributed by atoms with E-state index in [0.29, 0.717) is 17.9 Å². The Labute approximate surface area is 100 Å². The van der Waals surface area contributed by atoms with Crippen LogP contribution in [0.1, 0.15) is 31.0 Å². The van der Waals surface area contributed by atoms with Gasteiger partial charge in [0.25, 0.3) is 0 Å². The minimum absolute atomic E-state index is 0.137. The van der Waals surface area contributed by atoms with Crippen molar-refractivity contribution in [3.8, 4) is 0 Å². The van der Waals surface area contributed by atoms with Crippen molar-refractivity contribution >= 4 is 7.12 Å². The number of furan rings is 1. The first-order valence-electron chi connectivity index (χ1n) is 5.50. The summed E-state index contributed by atoms with van der Waals surface area (Å²) in [6.45, 7) is 5.47. The quantitative estimate of drug-likeness (QED) is 0.782. The molecule has 1 atom stereocenters. The van der Waals surface area contributed by atoms with Gasteiger partial charge in [0, 0.05) is 0 Å². The normalized spacial score (nSPS) is 20.3. The zero-order valence-electron chi connectivity index (χ0n) is 9.72. The summed E-state index contributed by atoms with van der Waals surface area (Å²) in [5.41, 5.74) is 1.52. The van der Waals surface area contributed by atoms with E-state index in [2.05, 4.69) is 6.58 Å². The first kappa shape index (κ1) is 12.2. The van der Waals surface area contributed by atoms with Crippen LogP contribution >= 0.6 is 0 Å². The maximum atomic E-state index is 9.79. The number of aliphatic hydroxyl groups excluding tert-OH is 1. The monoisotopic (exact) mass is 234 g/mol. The topological polar surface area (TPSA) is 62.8 Å². The minimum Gasteiger partial charge on any atom is -0.461 e. The van der Waals surface area contributed by atoms with E-state index in [1.54, 1.807) is 12.1 Å². The van der Waals surface area contributed by atoms with Gasteiger partial charge in [0.1, 0.15) is 24.2 Å². The van der Waals surface area contributed by atoms with Crippen LogP contribution < -0.4 is 0 Å². The highest BCUT2D eigenvalue weighted by Gasteiger charge is 2.30. The van der Waals surface area contributed by atoms with Crippen LogP contribution in [0.2, 0.25) is 0 Å². The molecule has 1 aromatic heterocycles. The van der Waals surface area contributed by atoms with Crippen molar-refractivity contribution < 1.29 is 19.2 Å². The molecule has 0 aromatic carbocycles. The standard InChI is InChI=1S/C12H15BO4/c1-8(2)10-4-6-12(17-13(10)15)11-5-3-9(7-14)16-11/h3-5,12,14-15H,1,6-7H2,2H3. The molecule has 4 nitrogen and oxygen atoms in total. The van der Waals surface area contributed by atoms with Gasteiger partial charge in [-0.15, -0.1) is 0 Å². The fraction of sp³-hybridized carbons (Fsp3) is 0.333. The molecular formula is C12H15BO4. The number of aliphatic hydroxyl groups is 1. The largest absolute Gasteiger partial charge is 0.491 e. The van der Waals surface area contributed by atoms with E-state index in [1.807, 2.05) is 13.0 Å². The second-order valence-electron chi connectivity index (χ2n) is 4.11. The van der Waals surface area contributed by atoms with E-state index >= 15 is 0 Å². The Hall–Kier alpha value is -1.30. The summed E-state index contributed by atoms with van der Waals surface area (Å²) in [4.78, 5) is 0. The summed E-state index contributed by atoms with van der Waals surface area (Å²) in [5.74, 6) is 1.11. The summed E-state index contributed by atoms with van der Waals surface area (Å²) in [5, 5.41) is 18.7. The first-order valence-corrected chi connectivity index (χ1v) is 5.50. The van der Waals surface area contributed by atoms with Crippen molar-refractivity contribution in [3.05, 3.63) is 47.4 Å². The van der Waals surface area contributed by atoms with Gasteiger partial charge in [0.2, 0.25) is 0 Å². The lowest BCUT2D eigenvalue weighted by Crippen LogP contribution is -2.28. The van der Waals surface area contributed by atoms with Crippen molar-refractivity contribution in [2.75, 3.05) is 0 Å². The Morgan fingerprint density at radius 2 is 2.35 bits per heavy atom. The summed E-state index contributed by atoms with van der Waals surface area (Å²) in [6, 6.07) is 3.45. The Morgan fingerprint density at radius 1 is 1.59 bits per heavy atom. The Balaban J connectivity index is 2.14. The van der Waals surface area contributed by atoms with Gasteiger partial charge in [-0.25, -0.2) is 0 Å². The van der Waals surface area contributed by atoms with Crippen LogP contribution in [-0.4, -0.2) is 17.2 Å². The maximum Gasteiger partial charge on any atom is 0.491 e. The molecule has 5 heteroatoms. The minimum atomic E-state index is -0.964. The summed E-state index contributed by atoms with van der Waals surface area (Å²) >= 11 is 0. The summed E-state index contributed by atoms with van der Waals surface area (Å²) < 4.78 is 10.8. The lowest BCUT2D eigenvalue weighted by Gasteiger charge is -2.23. The average Bonchev–Trinajstić information content (AvgIpc) is 2.76. The molecule has 2 heterocycles. The van der Waals surface area contributed by atoms with E-state index in [-0.39, 0.29) is 12.7 Å². The second kappa shape index (κ2) is 4.92. The lowest BCUT2D eigenvalue weighted by atomic mass is 9.72. The van der Waals surface area contributed by atoms with Crippen LogP contribution in [0, 0.1) is 0 Å². The van der Waals surface area contributed by atoms with Gasteiger partial charge in [0.05, 0.1) is 0 Å². The van der Waals surface area contributed by atoms with Gasteiger partial charge in [-0.05, 0) is 30.9 Å². The Morgan fingerprint density at radius 3 is 2.88 bits per heavy atom. The molecule has 2 rings (SSSR count). The van der Waals surface area contributed by atoms with Gasteiger partial charge in [-0.1, -0.05) is 18.2 Å². The number of hydrogen-bond acceptors (Lipinski definition) is 4. The third kappa shape index (κ3) is 2.52. The van der Waals surface area contributed by atoms with Crippen LogP contribution in [0.25, 0.3) is 0 Å². The molecule has 0 saturated heterocycles. The molecule has 0 fully saturated rings. The molecule has 0 radical (unpaired) electrons. The number of hydrogen-bond donors (Lipinski definition) is 2. The smallest absolute Gasteiger partial charge is 0.461 e. The molecule has 1 aromatic rings. The van der Waals surface area contributed by atoms with Gasteiger partial charge >= 0.3 is 7.12 Å². The van der Waals surface area contributed by atoms with Crippen LogP contribution in [0.4, 0.5) is 0 Å². The van der Waals surface area contributed by atoms with Crippen LogP contribution in [0.5, 0.6) is 0 Å². The molecule has 17 heavy (non-hydrogen) atoms. The Bertz CT molecular complexity index is 449. The summed E-state index contributed by atoms with van der Waals surface area (Å²) in [7, 11) is -0.964. The fourth-order valence-corrected chi connectivity index (χ4v) is 1.84. The SMILES string of the molecule is C=C(C)C1=CCC(c2ccc(CO)o2)OB1O. The van der Waals surface area contributed by atoms with E-state index in [1.165, 1.54) is 0 Å². The van der Waals surface area contributed by atoms with Crippen LogP contribution in [0.3, 0.4) is 0 Å². The zero-order valence-corrected chi connectivity index (χ0v) is 9.72. The van der Waals surface area contributed by atoms with E-state index in [4.69, 9.17) is 14.2 Å². The van der Waals surface area contributed by atoms with Crippen LogP contribution in [-0.2, 0) is 11.3 Å². The van der Waals surface area contributed by atoms with Gasteiger partial charge in [-0.3, -0.25) is 0 Å². The maximum absolute atomic E-state index is 9.79. The average molecular weight is 234 g/mol. The molecule has 0 amide bonds. The van der Waals surface area contributed by atoms with Crippen molar-refractivity contribution in [2.24, 2.45) is 0 Å². The third-order valence-electron chi connectivity index (χ3n) is 2.76. The van der Waals surface area contributed by atoms with Gasteiger partial charge in [-0.2, -0.15) is 0 Å². The van der Waals surface area contributed by atoms with Crippen molar-refractivity contribution in [3.63, 3.8) is 0 Å². The second-order valence-corrected chi connectivity index (χ2v) is 4.11. The first-order chi connectivity index (χ1) is 8.11. The number of rotatable bonds is 3. The van der Waals surface area contributed by atoms with Gasteiger partial charge in [0.15, 0.2) is 0 Å². The van der Waals surface area contributed by atoms with E-state index < -0.39 is 7.12 Å². The number of allylic oxidation sites excluding steroid dienone is 2. The predicted molar refractivity (Wildman–Crippen MR) is 63.9 cm³/mol. The molecule has 1 unspecified atom stereocenters. The Kier molecular flexibility index (Phi) is 3.52. The molecule has 90 valence electrons. The zero-order chi connectivity index (χ0) is 12.4. The molecule has 1 aliphatic rings. The van der Waals surface area contributed by atoms with Gasteiger partial charge < -0.3 is 19.2 Å². The fourth-order valence-electron chi connectivity index (χ4n) is 1.84. The molecular weight excluding hydrogens is 219 g/mol. The highest BCUT2D eigenvalue weighted by Crippen LogP contribution is 2.31. The highest BCUT2D eigenvalue weighted by molar-refractivity contribution is 6.54. The predicted octanol–water partition coefficient (Wildman–Crippen LogP) is 1.76. The van der Waals surface area contributed by atoms with Crippen LogP contribution in [0.15, 0.2) is 40.3 Å². The molecule has 0 spiro atoms. The lowest BCUT2D eigenvalue weighted by molar-refractivity contribution is 0.138. The molecule has 1 aliphatic heterocycles.